The van der Waals surface area contributed by atoms with E-state index in [2.05, 4.69) is 154 Å². The minimum Gasteiger partial charge on any atom is -1.00 e. The average Bonchev–Trinajstić information content (AvgIpc) is 3.70. The summed E-state index contributed by atoms with van der Waals surface area (Å²) in [6, 6.07) is 0. The minimum atomic E-state index is 0. The Labute approximate surface area is 318 Å². The molecule has 0 unspecified atom stereocenters. The van der Waals surface area contributed by atoms with Crippen molar-refractivity contribution < 1.29 is 76.5 Å². The Morgan fingerprint density at radius 3 is 0.619 bits per heavy atom. The van der Waals surface area contributed by atoms with Crippen LogP contribution in [0.1, 0.15) is 81.1 Å². The number of hydrogen-bond donors (Lipinski definition) is 0. The van der Waals surface area contributed by atoms with Crippen LogP contribution in [0.2, 0.25) is 26.2 Å². The summed E-state index contributed by atoms with van der Waals surface area (Å²) in [4.78, 5) is 0. The summed E-state index contributed by atoms with van der Waals surface area (Å²) in [6.45, 7) is 26.4. The second-order valence-electron chi connectivity index (χ2n) is 10.7. The van der Waals surface area contributed by atoms with Gasteiger partial charge in [0.1, 0.15) is 0 Å². The first kappa shape index (κ1) is 55.1. The summed E-state index contributed by atoms with van der Waals surface area (Å²) >= 11 is 0. The Kier molecular flexibility index (Phi) is 49.7. The molecule has 6 heteroatoms. The van der Waals surface area contributed by atoms with Crippen molar-refractivity contribution in [1.82, 2.24) is 0 Å². The van der Waals surface area contributed by atoms with Crippen molar-refractivity contribution in [3.8, 4) is 0 Å². The molecule has 0 nitrogen and oxygen atoms in total. The largest absolute Gasteiger partial charge is 1.00 e. The fourth-order valence-corrected chi connectivity index (χ4v) is 3.27. The van der Waals surface area contributed by atoms with Gasteiger partial charge in [0.25, 0.3) is 0 Å². The molecule has 0 bridgehead atoms. The fraction of sp³-hybridized carbons (Fsp3) is 0.556. The van der Waals surface area contributed by atoms with Crippen LogP contribution in [0.3, 0.4) is 0 Å². The zero-order chi connectivity index (χ0) is 29.3. The first-order valence-electron chi connectivity index (χ1n) is 14.6. The summed E-state index contributed by atoms with van der Waals surface area (Å²) in [5.41, 5.74) is 5.46. The molecule has 42 heavy (non-hydrogen) atoms. The third kappa shape index (κ3) is 32.1. The fourth-order valence-electron chi connectivity index (χ4n) is 3.27. The molecule has 4 aliphatic rings. The molecular weight excluding hydrogens is 916 g/mol. The molecule has 0 amide bonds. The van der Waals surface area contributed by atoms with Gasteiger partial charge in [-0.15, -0.1) is 25.7 Å². The maximum Gasteiger partial charge on any atom is 0.0213 e. The van der Waals surface area contributed by atoms with Crippen LogP contribution in [-0.2, 0) is 51.7 Å². The van der Waals surface area contributed by atoms with Crippen molar-refractivity contribution in [1.29, 1.82) is 0 Å². The normalized spacial score (nSPS) is 14.3. The Morgan fingerprint density at radius 1 is 0.429 bits per heavy atom. The monoisotopic (exact) mass is 976 g/mol. The van der Waals surface area contributed by atoms with E-state index in [0.29, 0.717) is 23.7 Å². The van der Waals surface area contributed by atoms with E-state index in [9.17, 15) is 0 Å². The average molecular weight is 975 g/mol. The first-order valence-corrected chi connectivity index (χ1v) is 19.2. The molecule has 0 saturated heterocycles. The van der Waals surface area contributed by atoms with Crippen molar-refractivity contribution in [2.75, 3.05) is 0 Å². The van der Waals surface area contributed by atoms with Crippen LogP contribution in [0, 0.1) is 48.0 Å². The Hall–Kier alpha value is 0.674. The smallest absolute Gasteiger partial charge is 0.0213 e. The van der Waals surface area contributed by atoms with Gasteiger partial charge in [-0.05, 0) is 0 Å². The van der Waals surface area contributed by atoms with E-state index in [1.807, 2.05) is 0 Å². The molecule has 0 aliphatic heterocycles. The zero-order valence-electron chi connectivity index (χ0n) is 28.7. The summed E-state index contributed by atoms with van der Waals surface area (Å²) in [5.74, 6) is 2.64. The number of allylic oxidation sites excluding steroid dienone is 16. The molecule has 4 rings (SSSR count). The van der Waals surface area contributed by atoms with Gasteiger partial charge in [-0.25, -0.2) is 46.6 Å². The van der Waals surface area contributed by atoms with E-state index in [4.69, 9.17) is 0 Å². The maximum atomic E-state index is 3.26. The number of hydrogen-bond acceptors (Lipinski definition) is 0. The SMILES string of the molecule is CC(C)C1=[C-]CC=C1.CC(C)C1=[C-]CC=C1.CC(C)C1=[C-]CC=C1.CC(C)C1=[C-]CC=C1.C[SiH]C.C[SiH]C.[Cl-].[Cl-].[Hf].[Hf]. The molecular formula is C36H58Cl2Hf2Si2-6. The van der Waals surface area contributed by atoms with Crippen LogP contribution in [0.25, 0.3) is 0 Å². The minimum absolute atomic E-state index is 0. The summed E-state index contributed by atoms with van der Waals surface area (Å²) in [7, 11) is 1.50. The molecule has 238 valence electrons. The van der Waals surface area contributed by atoms with Crippen LogP contribution in [-0.4, -0.2) is 19.0 Å². The second-order valence-corrected chi connectivity index (χ2v) is 13.0. The van der Waals surface area contributed by atoms with Crippen LogP contribution >= 0.6 is 0 Å². The maximum absolute atomic E-state index is 3.26. The zero-order valence-corrected chi connectivity index (χ0v) is 39.7. The third-order valence-electron chi connectivity index (χ3n) is 5.37. The Balaban J connectivity index is -0.0000000939. The van der Waals surface area contributed by atoms with Gasteiger partial charge in [0, 0.05) is 70.7 Å². The van der Waals surface area contributed by atoms with Crippen molar-refractivity contribution >= 4 is 19.0 Å². The molecule has 0 fully saturated rings. The molecule has 0 aromatic rings. The molecule has 0 spiro atoms. The third-order valence-corrected chi connectivity index (χ3v) is 5.37. The number of halogens is 2. The van der Waals surface area contributed by atoms with Crippen LogP contribution in [0.15, 0.2) is 70.9 Å². The van der Waals surface area contributed by atoms with Crippen LogP contribution in [0.4, 0.5) is 0 Å². The van der Waals surface area contributed by atoms with Crippen molar-refractivity contribution in [3.63, 3.8) is 0 Å². The van der Waals surface area contributed by atoms with Gasteiger partial charge in [-0.2, -0.15) is 24.3 Å². The summed E-state index contributed by atoms with van der Waals surface area (Å²) < 4.78 is 0. The van der Waals surface area contributed by atoms with Gasteiger partial charge >= 0.3 is 0 Å². The first-order chi connectivity index (χ1) is 18.0. The topological polar surface area (TPSA) is 0 Å². The predicted octanol–water partition coefficient (Wildman–Crippen LogP) is 4.37. The second kappa shape index (κ2) is 37.9. The van der Waals surface area contributed by atoms with E-state index < -0.39 is 0 Å². The summed E-state index contributed by atoms with van der Waals surface area (Å²) in [5, 5.41) is 0. The van der Waals surface area contributed by atoms with E-state index in [1.165, 1.54) is 22.3 Å². The van der Waals surface area contributed by atoms with Gasteiger partial charge < -0.3 is 24.8 Å². The van der Waals surface area contributed by atoms with Crippen molar-refractivity contribution in [2.45, 2.75) is 107 Å². The van der Waals surface area contributed by atoms with Gasteiger partial charge in [-0.3, -0.25) is 24.3 Å². The van der Waals surface area contributed by atoms with E-state index in [-0.39, 0.29) is 76.5 Å². The molecule has 4 aliphatic carbocycles. The standard InChI is InChI=1S/4C8H11.2C2H7Si.2ClH.2Hf/c4*1-7(2)8-5-3-4-6-8;2*1-3-2;;;;/h4*3,5,7H,4H2,1-2H3;2*3H,1-2H3;2*1H;;/q4*-1;;;;;;/p-2. The van der Waals surface area contributed by atoms with E-state index in [0.717, 1.165) is 44.7 Å². The summed E-state index contributed by atoms with van der Waals surface area (Å²) in [6.07, 6.45) is 34.4. The van der Waals surface area contributed by atoms with Gasteiger partial charge in [-0.1, -0.05) is 105 Å². The Morgan fingerprint density at radius 2 is 0.571 bits per heavy atom. The Bertz CT molecular complexity index is 706. The van der Waals surface area contributed by atoms with Crippen LogP contribution in [0.5, 0.6) is 0 Å². The van der Waals surface area contributed by atoms with Gasteiger partial charge in [0.2, 0.25) is 0 Å². The van der Waals surface area contributed by atoms with Crippen LogP contribution < -0.4 is 24.8 Å². The molecule has 0 heterocycles. The quantitative estimate of drug-likeness (QED) is 0.291. The molecule has 2 radical (unpaired) electrons. The molecule has 0 aromatic carbocycles. The van der Waals surface area contributed by atoms with Crippen molar-refractivity contribution in [2.24, 2.45) is 23.7 Å². The molecule has 0 aromatic heterocycles. The van der Waals surface area contributed by atoms with Crippen molar-refractivity contribution in [3.05, 3.63) is 95.2 Å². The number of rotatable bonds is 4. The molecule has 0 atom stereocenters. The van der Waals surface area contributed by atoms with Gasteiger partial charge in [0.15, 0.2) is 0 Å². The molecule has 0 saturated carbocycles. The van der Waals surface area contributed by atoms with E-state index in [1.54, 1.807) is 0 Å². The molecule has 0 N–H and O–H groups in total. The van der Waals surface area contributed by atoms with E-state index >= 15 is 0 Å². The predicted molar refractivity (Wildman–Crippen MR) is 179 cm³/mol. The van der Waals surface area contributed by atoms with Gasteiger partial charge in [0.05, 0.1) is 0 Å².